The molecule has 0 aromatic heterocycles. The number of hydrogen-bond acceptors (Lipinski definition) is 4. The monoisotopic (exact) mass is 200 g/mol. The maximum absolute atomic E-state index is 10.9. The standard InChI is InChI=1S/C10H16O4/c1-3-5-8-14-10(12)7-6-9(11)13-4-2/h6-7H,3-5,8H2,1-2H3. The van der Waals surface area contributed by atoms with Crippen molar-refractivity contribution in [3.63, 3.8) is 0 Å². The molecule has 0 aliphatic rings. The quantitative estimate of drug-likeness (QED) is 0.370. The van der Waals surface area contributed by atoms with Crippen LogP contribution in [0, 0.1) is 0 Å². The molecule has 0 radical (unpaired) electrons. The van der Waals surface area contributed by atoms with Gasteiger partial charge in [0.05, 0.1) is 13.2 Å². The van der Waals surface area contributed by atoms with Gasteiger partial charge >= 0.3 is 11.9 Å². The van der Waals surface area contributed by atoms with E-state index in [9.17, 15) is 9.59 Å². The molecule has 0 atom stereocenters. The van der Waals surface area contributed by atoms with Gasteiger partial charge in [-0.25, -0.2) is 9.59 Å². The van der Waals surface area contributed by atoms with Crippen LogP contribution in [0.4, 0.5) is 0 Å². The average Bonchev–Trinajstić information content (AvgIpc) is 2.16. The Labute approximate surface area is 83.9 Å². The fraction of sp³-hybridized carbons (Fsp3) is 0.600. The Morgan fingerprint density at radius 1 is 1.07 bits per heavy atom. The van der Waals surface area contributed by atoms with Crippen LogP contribution in [0.5, 0.6) is 0 Å². The van der Waals surface area contributed by atoms with Crippen LogP contribution in [0.2, 0.25) is 0 Å². The highest BCUT2D eigenvalue weighted by atomic mass is 16.5. The van der Waals surface area contributed by atoms with E-state index in [4.69, 9.17) is 4.74 Å². The summed E-state index contributed by atoms with van der Waals surface area (Å²) in [6, 6.07) is 0. The summed E-state index contributed by atoms with van der Waals surface area (Å²) < 4.78 is 9.36. The molecule has 80 valence electrons. The van der Waals surface area contributed by atoms with E-state index in [2.05, 4.69) is 4.74 Å². The Balaban J connectivity index is 3.64. The second-order valence-electron chi connectivity index (χ2n) is 2.61. The number of carbonyl (C=O) groups is 2. The highest BCUT2D eigenvalue weighted by Gasteiger charge is 1.98. The topological polar surface area (TPSA) is 52.6 Å². The minimum Gasteiger partial charge on any atom is -0.463 e. The van der Waals surface area contributed by atoms with Gasteiger partial charge < -0.3 is 9.47 Å². The summed E-state index contributed by atoms with van der Waals surface area (Å²) in [5.41, 5.74) is 0. The molecular formula is C10H16O4. The second kappa shape index (κ2) is 8.29. The molecular weight excluding hydrogens is 184 g/mol. The van der Waals surface area contributed by atoms with E-state index < -0.39 is 11.9 Å². The predicted octanol–water partition coefficient (Wildman–Crippen LogP) is 1.45. The molecule has 0 saturated carbocycles. The van der Waals surface area contributed by atoms with Crippen LogP contribution >= 0.6 is 0 Å². The van der Waals surface area contributed by atoms with E-state index in [0.717, 1.165) is 25.0 Å². The van der Waals surface area contributed by atoms with E-state index in [1.54, 1.807) is 6.92 Å². The Morgan fingerprint density at radius 3 is 2.14 bits per heavy atom. The first-order valence-corrected chi connectivity index (χ1v) is 4.72. The average molecular weight is 200 g/mol. The Morgan fingerprint density at radius 2 is 1.64 bits per heavy atom. The fourth-order valence-corrected chi connectivity index (χ4v) is 0.692. The lowest BCUT2D eigenvalue weighted by molar-refractivity contribution is -0.140. The maximum atomic E-state index is 10.9. The molecule has 4 nitrogen and oxygen atoms in total. The number of esters is 2. The van der Waals surface area contributed by atoms with E-state index in [0.29, 0.717) is 13.2 Å². The molecule has 0 amide bonds. The SMILES string of the molecule is CCCCOC(=O)C=CC(=O)OCC. The van der Waals surface area contributed by atoms with Gasteiger partial charge in [0.1, 0.15) is 0 Å². The predicted molar refractivity (Wildman–Crippen MR) is 51.6 cm³/mol. The van der Waals surface area contributed by atoms with Crippen LogP contribution in [0.15, 0.2) is 12.2 Å². The lowest BCUT2D eigenvalue weighted by atomic mass is 10.4. The summed E-state index contributed by atoms with van der Waals surface area (Å²) in [4.78, 5) is 21.7. The van der Waals surface area contributed by atoms with Gasteiger partial charge in [0.2, 0.25) is 0 Å². The Bertz CT molecular complexity index is 208. The van der Waals surface area contributed by atoms with Gasteiger partial charge in [-0.15, -0.1) is 0 Å². The third kappa shape index (κ3) is 7.34. The van der Waals surface area contributed by atoms with Crippen molar-refractivity contribution in [2.45, 2.75) is 26.7 Å². The van der Waals surface area contributed by atoms with Gasteiger partial charge in [-0.3, -0.25) is 0 Å². The first kappa shape index (κ1) is 12.7. The Hall–Kier alpha value is -1.32. The molecule has 0 aliphatic carbocycles. The number of carbonyl (C=O) groups excluding carboxylic acids is 2. The molecule has 0 bridgehead atoms. The van der Waals surface area contributed by atoms with Crippen LogP contribution in [0.25, 0.3) is 0 Å². The normalized spacial score (nSPS) is 10.1. The second-order valence-corrected chi connectivity index (χ2v) is 2.61. The van der Waals surface area contributed by atoms with Crippen LogP contribution < -0.4 is 0 Å². The van der Waals surface area contributed by atoms with Gasteiger partial charge in [0.25, 0.3) is 0 Å². The zero-order valence-electron chi connectivity index (χ0n) is 8.62. The van der Waals surface area contributed by atoms with E-state index in [1.165, 1.54) is 0 Å². The fourth-order valence-electron chi connectivity index (χ4n) is 0.692. The summed E-state index contributed by atoms with van der Waals surface area (Å²) >= 11 is 0. The van der Waals surface area contributed by atoms with E-state index >= 15 is 0 Å². The van der Waals surface area contributed by atoms with E-state index in [-0.39, 0.29) is 0 Å². The summed E-state index contributed by atoms with van der Waals surface area (Å²) in [5.74, 6) is -1.04. The van der Waals surface area contributed by atoms with Crippen LogP contribution in [-0.4, -0.2) is 25.2 Å². The molecule has 0 heterocycles. The van der Waals surface area contributed by atoms with Crippen molar-refractivity contribution < 1.29 is 19.1 Å². The Kier molecular flexibility index (Phi) is 7.50. The van der Waals surface area contributed by atoms with Gasteiger partial charge in [-0.2, -0.15) is 0 Å². The number of unbranched alkanes of at least 4 members (excludes halogenated alkanes) is 1. The molecule has 0 spiro atoms. The first-order chi connectivity index (χ1) is 6.70. The van der Waals surface area contributed by atoms with Crippen LogP contribution in [0.1, 0.15) is 26.7 Å². The highest BCUT2D eigenvalue weighted by molar-refractivity contribution is 5.91. The number of rotatable bonds is 6. The summed E-state index contributed by atoms with van der Waals surface area (Å²) in [6.07, 6.45) is 3.94. The van der Waals surface area contributed by atoms with Crippen LogP contribution in [-0.2, 0) is 19.1 Å². The third-order valence-corrected chi connectivity index (χ3v) is 1.38. The van der Waals surface area contributed by atoms with E-state index in [1.807, 2.05) is 6.92 Å². The molecule has 0 saturated heterocycles. The van der Waals surface area contributed by atoms with Gasteiger partial charge in [-0.05, 0) is 13.3 Å². The smallest absolute Gasteiger partial charge is 0.331 e. The minimum absolute atomic E-state index is 0.300. The molecule has 0 rings (SSSR count). The molecule has 0 fully saturated rings. The third-order valence-electron chi connectivity index (χ3n) is 1.38. The van der Waals surface area contributed by atoms with Crippen molar-refractivity contribution in [3.05, 3.63) is 12.2 Å². The van der Waals surface area contributed by atoms with Gasteiger partial charge in [-0.1, -0.05) is 13.3 Å². The van der Waals surface area contributed by atoms with Gasteiger partial charge in [0.15, 0.2) is 0 Å². The zero-order chi connectivity index (χ0) is 10.8. The molecule has 14 heavy (non-hydrogen) atoms. The lowest BCUT2D eigenvalue weighted by Crippen LogP contribution is -2.04. The summed E-state index contributed by atoms with van der Waals surface area (Å²) in [6.45, 7) is 4.39. The molecule has 0 unspecified atom stereocenters. The zero-order valence-corrected chi connectivity index (χ0v) is 8.62. The first-order valence-electron chi connectivity index (χ1n) is 4.72. The highest BCUT2D eigenvalue weighted by Crippen LogP contribution is 1.90. The minimum atomic E-state index is -0.528. The summed E-state index contributed by atoms with van der Waals surface area (Å²) in [5, 5.41) is 0. The van der Waals surface area contributed by atoms with Crippen molar-refractivity contribution in [3.8, 4) is 0 Å². The van der Waals surface area contributed by atoms with Crippen molar-refractivity contribution in [1.82, 2.24) is 0 Å². The lowest BCUT2D eigenvalue weighted by Gasteiger charge is -1.98. The summed E-state index contributed by atoms with van der Waals surface area (Å²) in [7, 11) is 0. The molecule has 0 aromatic carbocycles. The largest absolute Gasteiger partial charge is 0.463 e. The van der Waals surface area contributed by atoms with Crippen molar-refractivity contribution in [2.75, 3.05) is 13.2 Å². The van der Waals surface area contributed by atoms with Crippen LogP contribution in [0.3, 0.4) is 0 Å². The molecule has 0 N–H and O–H groups in total. The number of ether oxygens (including phenoxy) is 2. The molecule has 4 heteroatoms. The molecule has 0 aliphatic heterocycles. The van der Waals surface area contributed by atoms with Crippen molar-refractivity contribution in [1.29, 1.82) is 0 Å². The van der Waals surface area contributed by atoms with Crippen molar-refractivity contribution >= 4 is 11.9 Å². The van der Waals surface area contributed by atoms with Gasteiger partial charge in [0, 0.05) is 12.2 Å². The van der Waals surface area contributed by atoms with Crippen molar-refractivity contribution in [2.24, 2.45) is 0 Å². The molecule has 0 aromatic rings. The maximum Gasteiger partial charge on any atom is 0.331 e. The number of hydrogen-bond donors (Lipinski definition) is 0.